The van der Waals surface area contributed by atoms with Crippen molar-refractivity contribution in [2.24, 2.45) is 0 Å². The van der Waals surface area contributed by atoms with Crippen molar-refractivity contribution in [3.05, 3.63) is 150 Å². The summed E-state index contributed by atoms with van der Waals surface area (Å²) in [6.45, 7) is 4.94. The van der Waals surface area contributed by atoms with Gasteiger partial charge in [-0.25, -0.2) is 0 Å². The second-order valence-corrected chi connectivity index (χ2v) is 15.3. The molecule has 272 valence electrons. The highest BCUT2D eigenvalue weighted by atomic mass is 32.2. The summed E-state index contributed by atoms with van der Waals surface area (Å²) in [6, 6.07) is 36.0. The fourth-order valence-electron chi connectivity index (χ4n) is 5.78. The van der Waals surface area contributed by atoms with E-state index in [0.29, 0.717) is 39.3 Å². The van der Waals surface area contributed by atoms with Crippen molar-refractivity contribution in [1.82, 2.24) is 0 Å². The van der Waals surface area contributed by atoms with E-state index >= 15 is 0 Å². The van der Waals surface area contributed by atoms with Gasteiger partial charge in [0.1, 0.15) is 22.5 Å². The van der Waals surface area contributed by atoms with Crippen molar-refractivity contribution in [3.63, 3.8) is 0 Å². The SMILES string of the molecule is CCCCCC/C=C\C(O)c1cccc(C(O)c2ccccc2-c2ccc(Sc3ccc(OCCCC)cc3)c(S(=O)(=O)Oc3ccccc3)c2)c1. The van der Waals surface area contributed by atoms with Crippen LogP contribution in [0.1, 0.15) is 87.7 Å². The Balaban J connectivity index is 1.45. The largest absolute Gasteiger partial charge is 0.494 e. The smallest absolute Gasteiger partial charge is 0.340 e. The van der Waals surface area contributed by atoms with Gasteiger partial charge in [0.25, 0.3) is 0 Å². The van der Waals surface area contributed by atoms with Crippen LogP contribution in [0.15, 0.2) is 148 Å². The Bertz CT molecular complexity index is 1990. The Morgan fingerprint density at radius 3 is 2.21 bits per heavy atom. The van der Waals surface area contributed by atoms with Gasteiger partial charge in [-0.2, -0.15) is 8.42 Å². The second-order valence-electron chi connectivity index (χ2n) is 12.7. The molecule has 0 aliphatic carbocycles. The van der Waals surface area contributed by atoms with Crippen LogP contribution in [0.3, 0.4) is 0 Å². The molecule has 0 saturated carbocycles. The van der Waals surface area contributed by atoms with Gasteiger partial charge >= 0.3 is 10.1 Å². The number of hydrogen-bond donors (Lipinski definition) is 2. The molecular weight excluding hydrogens is 689 g/mol. The Morgan fingerprint density at radius 2 is 1.44 bits per heavy atom. The van der Waals surface area contributed by atoms with Crippen LogP contribution in [-0.2, 0) is 10.1 Å². The number of aliphatic hydroxyl groups is 2. The molecule has 5 aromatic carbocycles. The normalized spacial score (nSPS) is 12.8. The number of aliphatic hydroxyl groups excluding tert-OH is 2. The Labute approximate surface area is 313 Å². The molecule has 2 N–H and O–H groups in total. The van der Waals surface area contributed by atoms with E-state index in [4.69, 9.17) is 8.92 Å². The van der Waals surface area contributed by atoms with Crippen molar-refractivity contribution in [2.75, 3.05) is 6.61 Å². The van der Waals surface area contributed by atoms with Crippen LogP contribution in [0, 0.1) is 0 Å². The molecule has 52 heavy (non-hydrogen) atoms. The number of allylic oxidation sites excluding steroid dienone is 1. The molecule has 0 fully saturated rings. The van der Waals surface area contributed by atoms with Crippen molar-refractivity contribution < 1.29 is 27.6 Å². The number of para-hydroxylation sites is 1. The van der Waals surface area contributed by atoms with Gasteiger partial charge in [-0.15, -0.1) is 0 Å². The van der Waals surface area contributed by atoms with E-state index in [1.807, 2.05) is 84.9 Å². The summed E-state index contributed by atoms with van der Waals surface area (Å²) < 4.78 is 39.3. The predicted octanol–water partition coefficient (Wildman–Crippen LogP) is 11.1. The van der Waals surface area contributed by atoms with Crippen molar-refractivity contribution in [3.8, 4) is 22.6 Å². The third kappa shape index (κ3) is 10.8. The summed E-state index contributed by atoms with van der Waals surface area (Å²) in [4.78, 5) is 1.35. The van der Waals surface area contributed by atoms with Gasteiger partial charge in [0.05, 0.1) is 12.7 Å². The molecule has 0 aliphatic heterocycles. The Morgan fingerprint density at radius 1 is 0.712 bits per heavy atom. The number of unbranched alkanes of at least 4 members (excludes halogenated alkanes) is 5. The molecule has 0 bridgehead atoms. The van der Waals surface area contributed by atoms with E-state index in [-0.39, 0.29) is 10.6 Å². The van der Waals surface area contributed by atoms with Gasteiger partial charge in [-0.3, -0.25) is 0 Å². The number of benzene rings is 5. The van der Waals surface area contributed by atoms with Crippen LogP contribution in [0.5, 0.6) is 11.5 Å². The minimum atomic E-state index is -4.27. The standard InChI is InChI=1S/C44H48O6S2/c1-3-5-7-8-9-13-23-41(45)34-17-16-18-35(31-34)44(46)40-22-15-14-21-39(40)33-24-29-42(51-38-27-25-36(26-28-38)49-30-6-4-2)43(32-33)52(47,48)50-37-19-11-10-12-20-37/h10-29,31-32,41,44-46H,3-9,30H2,1-2H3/b23-13-. The minimum Gasteiger partial charge on any atom is -0.494 e. The van der Waals surface area contributed by atoms with Crippen molar-refractivity contribution in [2.45, 2.75) is 85.7 Å². The van der Waals surface area contributed by atoms with E-state index in [0.717, 1.165) is 36.3 Å². The van der Waals surface area contributed by atoms with Gasteiger partial charge in [0.15, 0.2) is 0 Å². The zero-order chi connectivity index (χ0) is 36.8. The van der Waals surface area contributed by atoms with E-state index in [1.54, 1.807) is 48.5 Å². The lowest BCUT2D eigenvalue weighted by Gasteiger charge is -2.19. The van der Waals surface area contributed by atoms with E-state index in [9.17, 15) is 18.6 Å². The fourth-order valence-corrected chi connectivity index (χ4v) is 8.08. The summed E-state index contributed by atoms with van der Waals surface area (Å²) in [5.41, 5.74) is 3.19. The monoisotopic (exact) mass is 736 g/mol. The van der Waals surface area contributed by atoms with Crippen molar-refractivity contribution >= 4 is 21.9 Å². The lowest BCUT2D eigenvalue weighted by molar-refractivity contribution is 0.217. The summed E-state index contributed by atoms with van der Waals surface area (Å²) in [5.74, 6) is 0.972. The maximum atomic E-state index is 13.9. The van der Waals surface area contributed by atoms with Gasteiger partial charge in [-0.05, 0) is 102 Å². The molecule has 0 saturated heterocycles. The first-order valence-electron chi connectivity index (χ1n) is 18.0. The zero-order valence-corrected chi connectivity index (χ0v) is 31.5. The highest BCUT2D eigenvalue weighted by Gasteiger charge is 2.25. The zero-order valence-electron chi connectivity index (χ0n) is 29.9. The molecular formula is C44H48O6S2. The topological polar surface area (TPSA) is 93.1 Å². The van der Waals surface area contributed by atoms with E-state index in [2.05, 4.69) is 13.8 Å². The molecule has 0 amide bonds. The lowest BCUT2D eigenvalue weighted by Crippen LogP contribution is -2.11. The maximum absolute atomic E-state index is 13.9. The summed E-state index contributed by atoms with van der Waals surface area (Å²) in [6.07, 6.45) is 9.60. The molecule has 8 heteroatoms. The third-order valence-corrected chi connectivity index (χ3v) is 11.2. The summed E-state index contributed by atoms with van der Waals surface area (Å²) in [5, 5.41) is 22.6. The van der Waals surface area contributed by atoms with Crippen LogP contribution >= 0.6 is 11.8 Å². The molecule has 0 aliphatic rings. The van der Waals surface area contributed by atoms with Crippen LogP contribution in [0.2, 0.25) is 0 Å². The predicted molar refractivity (Wildman–Crippen MR) is 210 cm³/mol. The van der Waals surface area contributed by atoms with Crippen LogP contribution in [-0.4, -0.2) is 25.2 Å². The van der Waals surface area contributed by atoms with Crippen LogP contribution in [0.25, 0.3) is 11.1 Å². The third-order valence-electron chi connectivity index (χ3n) is 8.66. The highest BCUT2D eigenvalue weighted by Crippen LogP contribution is 2.39. The molecule has 0 radical (unpaired) electrons. The molecule has 0 aromatic heterocycles. The first-order chi connectivity index (χ1) is 25.3. The molecule has 5 rings (SSSR count). The number of ether oxygens (including phenoxy) is 1. The quantitative estimate of drug-likeness (QED) is 0.0495. The summed E-state index contributed by atoms with van der Waals surface area (Å²) >= 11 is 1.32. The molecule has 2 unspecified atom stereocenters. The lowest BCUT2D eigenvalue weighted by atomic mass is 9.91. The maximum Gasteiger partial charge on any atom is 0.340 e. The van der Waals surface area contributed by atoms with Crippen LogP contribution < -0.4 is 8.92 Å². The van der Waals surface area contributed by atoms with Crippen molar-refractivity contribution in [1.29, 1.82) is 0 Å². The highest BCUT2D eigenvalue weighted by molar-refractivity contribution is 8.00. The summed E-state index contributed by atoms with van der Waals surface area (Å²) in [7, 11) is -4.27. The van der Waals surface area contributed by atoms with Gasteiger partial charge in [0, 0.05) is 9.79 Å². The number of rotatable bonds is 19. The van der Waals surface area contributed by atoms with E-state index < -0.39 is 22.3 Å². The second kappa shape index (κ2) is 19.5. The first-order valence-corrected chi connectivity index (χ1v) is 20.3. The number of hydrogen-bond acceptors (Lipinski definition) is 7. The minimum absolute atomic E-state index is 0.0121. The average molecular weight is 737 g/mol. The molecule has 5 aromatic rings. The van der Waals surface area contributed by atoms with Crippen LogP contribution in [0.4, 0.5) is 0 Å². The average Bonchev–Trinajstić information content (AvgIpc) is 3.17. The fraction of sp³-hybridized carbons (Fsp3) is 0.273. The molecule has 2 atom stereocenters. The molecule has 6 nitrogen and oxygen atoms in total. The van der Waals surface area contributed by atoms with Gasteiger partial charge in [-0.1, -0.05) is 130 Å². The first kappa shape index (κ1) is 38.9. The van der Waals surface area contributed by atoms with Gasteiger partial charge in [0.2, 0.25) is 0 Å². The van der Waals surface area contributed by atoms with E-state index in [1.165, 1.54) is 31.0 Å². The van der Waals surface area contributed by atoms with Gasteiger partial charge < -0.3 is 19.1 Å². The molecule has 0 heterocycles. The Hall–Kier alpha value is -4.34. The Kier molecular flexibility index (Phi) is 14.6. The molecule has 0 spiro atoms.